The third-order valence-electron chi connectivity index (χ3n) is 6.75. The standard InChI is InChI=1S/C32H27F3N2O3S/c1-20-18-24(16-17-28(20)40-31(2,3)30(38)39)41-29(21-8-5-4-6-9-21)25-10-7-11-27-26(25)19-36-37(27)23-14-12-22(13-15-23)32(33,34)35/h4-19,29H,1-3H3,(H,38,39). The fourth-order valence-corrected chi connectivity index (χ4v) is 5.79. The summed E-state index contributed by atoms with van der Waals surface area (Å²) in [4.78, 5) is 12.5. The molecule has 0 radical (unpaired) electrons. The zero-order valence-electron chi connectivity index (χ0n) is 22.5. The Morgan fingerprint density at radius 2 is 1.66 bits per heavy atom. The molecule has 4 aromatic carbocycles. The molecule has 5 nitrogen and oxygen atoms in total. The molecule has 1 atom stereocenters. The van der Waals surface area contributed by atoms with Crippen LogP contribution in [0.3, 0.4) is 0 Å². The maximum absolute atomic E-state index is 13.1. The molecule has 0 fully saturated rings. The van der Waals surface area contributed by atoms with E-state index in [0.717, 1.165) is 44.6 Å². The van der Waals surface area contributed by atoms with Crippen molar-refractivity contribution in [2.45, 2.75) is 42.7 Å². The van der Waals surface area contributed by atoms with E-state index >= 15 is 0 Å². The van der Waals surface area contributed by atoms with Gasteiger partial charge in [0, 0.05) is 10.3 Å². The van der Waals surface area contributed by atoms with Crippen LogP contribution in [0.5, 0.6) is 5.75 Å². The number of aliphatic carboxylic acids is 1. The van der Waals surface area contributed by atoms with E-state index in [9.17, 15) is 23.1 Å². The molecule has 0 aliphatic carbocycles. The second-order valence-corrected chi connectivity index (χ2v) is 11.3. The predicted octanol–water partition coefficient (Wildman–Crippen LogP) is 8.48. The molecule has 1 unspecified atom stereocenters. The van der Waals surface area contributed by atoms with Gasteiger partial charge in [0.25, 0.3) is 0 Å². The van der Waals surface area contributed by atoms with E-state index in [2.05, 4.69) is 17.2 Å². The molecule has 0 saturated heterocycles. The smallest absolute Gasteiger partial charge is 0.416 e. The second kappa shape index (κ2) is 11.0. The Labute approximate surface area is 239 Å². The van der Waals surface area contributed by atoms with Crippen molar-refractivity contribution in [2.24, 2.45) is 0 Å². The Balaban J connectivity index is 1.52. The van der Waals surface area contributed by atoms with Crippen molar-refractivity contribution in [3.63, 3.8) is 0 Å². The SMILES string of the molecule is Cc1cc(SC(c2ccccc2)c2cccc3c2cnn3-c2ccc(C(F)(F)F)cc2)ccc1OC(C)(C)C(=O)O. The van der Waals surface area contributed by atoms with Crippen LogP contribution in [0.2, 0.25) is 0 Å². The van der Waals surface area contributed by atoms with E-state index in [1.807, 2.05) is 55.5 Å². The number of alkyl halides is 3. The minimum absolute atomic E-state index is 0.133. The summed E-state index contributed by atoms with van der Waals surface area (Å²) in [6.45, 7) is 4.90. The number of nitrogens with zero attached hydrogens (tertiary/aromatic N) is 2. The number of carbonyl (C=O) groups is 1. The molecule has 1 aromatic heterocycles. The highest BCUT2D eigenvalue weighted by Gasteiger charge is 2.31. The molecule has 0 bridgehead atoms. The predicted molar refractivity (Wildman–Crippen MR) is 154 cm³/mol. The van der Waals surface area contributed by atoms with Gasteiger partial charge in [-0.2, -0.15) is 18.3 Å². The molecule has 0 saturated carbocycles. The average molecular weight is 577 g/mol. The van der Waals surface area contributed by atoms with Crippen molar-refractivity contribution in [3.05, 3.63) is 119 Å². The first kappa shape index (κ1) is 28.3. The minimum Gasteiger partial charge on any atom is -0.478 e. The van der Waals surface area contributed by atoms with Crippen LogP contribution in [0.1, 0.15) is 41.4 Å². The third kappa shape index (κ3) is 5.95. The number of carboxylic acid groups (broad SMARTS) is 1. The van der Waals surface area contributed by atoms with Crippen LogP contribution in [0.25, 0.3) is 16.6 Å². The van der Waals surface area contributed by atoms with Gasteiger partial charge in [0.2, 0.25) is 0 Å². The molecule has 0 aliphatic heterocycles. The van der Waals surface area contributed by atoms with Gasteiger partial charge in [-0.05, 0) is 86.0 Å². The first-order valence-electron chi connectivity index (χ1n) is 12.8. The topological polar surface area (TPSA) is 64.4 Å². The number of ether oxygens (including phenoxy) is 1. The Hall–Kier alpha value is -4.24. The van der Waals surface area contributed by atoms with Crippen molar-refractivity contribution in [1.82, 2.24) is 9.78 Å². The summed E-state index contributed by atoms with van der Waals surface area (Å²) in [5.74, 6) is -0.553. The fourth-order valence-electron chi connectivity index (χ4n) is 4.50. The number of halogens is 3. The molecular formula is C32H27F3N2O3S. The van der Waals surface area contributed by atoms with Gasteiger partial charge in [0.15, 0.2) is 5.60 Å². The molecule has 0 amide bonds. The van der Waals surface area contributed by atoms with Crippen LogP contribution in [0.15, 0.2) is 102 Å². The number of benzene rings is 4. The average Bonchev–Trinajstić information content (AvgIpc) is 3.38. The number of carboxylic acids is 1. The lowest BCUT2D eigenvalue weighted by molar-refractivity contribution is -0.152. The molecule has 5 rings (SSSR count). The van der Waals surface area contributed by atoms with Crippen molar-refractivity contribution in [2.75, 3.05) is 0 Å². The van der Waals surface area contributed by atoms with Crippen molar-refractivity contribution >= 4 is 28.6 Å². The molecule has 9 heteroatoms. The Morgan fingerprint density at radius 3 is 2.29 bits per heavy atom. The van der Waals surface area contributed by atoms with Crippen LogP contribution in [0, 0.1) is 6.92 Å². The van der Waals surface area contributed by atoms with Gasteiger partial charge in [-0.1, -0.05) is 42.5 Å². The maximum atomic E-state index is 13.1. The monoisotopic (exact) mass is 576 g/mol. The van der Waals surface area contributed by atoms with Gasteiger partial charge < -0.3 is 9.84 Å². The van der Waals surface area contributed by atoms with Gasteiger partial charge in [-0.3, -0.25) is 0 Å². The zero-order valence-corrected chi connectivity index (χ0v) is 23.3. The molecule has 41 heavy (non-hydrogen) atoms. The molecule has 1 heterocycles. The zero-order chi connectivity index (χ0) is 29.4. The summed E-state index contributed by atoms with van der Waals surface area (Å²) in [5, 5.41) is 14.7. The fraction of sp³-hybridized carbons (Fsp3) is 0.188. The van der Waals surface area contributed by atoms with E-state index in [0.29, 0.717) is 11.4 Å². The van der Waals surface area contributed by atoms with E-state index in [1.165, 1.54) is 26.0 Å². The van der Waals surface area contributed by atoms with Gasteiger partial charge in [-0.15, -0.1) is 11.8 Å². The molecule has 0 spiro atoms. The first-order chi connectivity index (χ1) is 19.4. The summed E-state index contributed by atoms with van der Waals surface area (Å²) in [6.07, 6.45) is -2.66. The highest BCUT2D eigenvalue weighted by molar-refractivity contribution is 7.99. The van der Waals surface area contributed by atoms with Crippen LogP contribution >= 0.6 is 11.8 Å². The largest absolute Gasteiger partial charge is 0.478 e. The van der Waals surface area contributed by atoms with Gasteiger partial charge >= 0.3 is 12.1 Å². The third-order valence-corrected chi connectivity index (χ3v) is 8.04. The molecule has 210 valence electrons. The molecule has 5 aromatic rings. The van der Waals surface area contributed by atoms with Crippen molar-refractivity contribution in [3.8, 4) is 11.4 Å². The number of aromatic nitrogens is 2. The quantitative estimate of drug-likeness (QED) is 0.188. The van der Waals surface area contributed by atoms with Crippen LogP contribution in [-0.2, 0) is 11.0 Å². The van der Waals surface area contributed by atoms with Crippen LogP contribution in [0.4, 0.5) is 13.2 Å². The number of aryl methyl sites for hydroxylation is 1. The Bertz CT molecular complexity index is 1700. The number of fused-ring (bicyclic) bond motifs is 1. The van der Waals surface area contributed by atoms with E-state index in [-0.39, 0.29) is 5.25 Å². The van der Waals surface area contributed by atoms with Crippen LogP contribution < -0.4 is 4.74 Å². The van der Waals surface area contributed by atoms with Crippen LogP contribution in [-0.4, -0.2) is 26.5 Å². The first-order valence-corrected chi connectivity index (χ1v) is 13.7. The Kier molecular flexibility index (Phi) is 7.57. The lowest BCUT2D eigenvalue weighted by Gasteiger charge is -2.23. The van der Waals surface area contributed by atoms with Gasteiger partial charge in [-0.25, -0.2) is 9.48 Å². The lowest BCUT2D eigenvalue weighted by Crippen LogP contribution is -2.38. The van der Waals surface area contributed by atoms with Gasteiger partial charge in [0.05, 0.1) is 28.2 Å². The highest BCUT2D eigenvalue weighted by atomic mass is 32.2. The van der Waals surface area contributed by atoms with E-state index < -0.39 is 23.3 Å². The molecule has 0 aliphatic rings. The summed E-state index contributed by atoms with van der Waals surface area (Å²) >= 11 is 1.63. The minimum atomic E-state index is -4.41. The Morgan fingerprint density at radius 1 is 0.951 bits per heavy atom. The van der Waals surface area contributed by atoms with Crippen molar-refractivity contribution < 1.29 is 27.8 Å². The number of hydrogen-bond acceptors (Lipinski definition) is 4. The highest BCUT2D eigenvalue weighted by Crippen LogP contribution is 2.44. The lowest BCUT2D eigenvalue weighted by atomic mass is 10.0. The summed E-state index contributed by atoms with van der Waals surface area (Å²) in [6, 6.07) is 26.5. The number of hydrogen-bond donors (Lipinski definition) is 1. The summed E-state index contributed by atoms with van der Waals surface area (Å²) < 4.78 is 46.7. The molecular weight excluding hydrogens is 549 g/mol. The second-order valence-electron chi connectivity index (χ2n) is 10.1. The number of thioether (sulfide) groups is 1. The summed E-state index contributed by atoms with van der Waals surface area (Å²) in [7, 11) is 0. The van der Waals surface area contributed by atoms with Crippen molar-refractivity contribution in [1.29, 1.82) is 0 Å². The van der Waals surface area contributed by atoms with E-state index in [4.69, 9.17) is 4.74 Å². The van der Waals surface area contributed by atoms with E-state index in [1.54, 1.807) is 28.7 Å². The number of rotatable bonds is 8. The molecule has 1 N–H and O–H groups in total. The maximum Gasteiger partial charge on any atom is 0.416 e. The normalized spacial score (nSPS) is 12.8. The summed E-state index contributed by atoms with van der Waals surface area (Å²) in [5.41, 5.74) is 2.11. The van der Waals surface area contributed by atoms with Gasteiger partial charge in [0.1, 0.15) is 5.75 Å².